The Balaban J connectivity index is 3.40. The molecule has 3 nitrogen and oxygen atoms in total. The van der Waals surface area contributed by atoms with Crippen LogP contribution in [0.25, 0.3) is 0 Å². The number of hydrogen-bond donors (Lipinski definition) is 2. The van der Waals surface area contributed by atoms with Gasteiger partial charge in [-0.3, -0.25) is 0 Å². The minimum absolute atomic E-state index is 0.424. The van der Waals surface area contributed by atoms with E-state index in [1.807, 2.05) is 0 Å². The van der Waals surface area contributed by atoms with Crippen LogP contribution in [0.3, 0.4) is 0 Å². The molecule has 0 unspecified atom stereocenters. The molecule has 0 aliphatic carbocycles. The number of hydrogen-bond acceptors (Lipinski definition) is 2. The Kier molecular flexibility index (Phi) is 6.38. The fraction of sp³-hybridized carbons (Fsp3) is 0.667. The maximum atomic E-state index is 10.3. The highest BCUT2D eigenvalue weighted by molar-refractivity contribution is 5.85. The van der Waals surface area contributed by atoms with Gasteiger partial charge in [0.15, 0.2) is 0 Å². The van der Waals surface area contributed by atoms with Crippen LogP contribution in [0.5, 0.6) is 0 Å². The molecule has 12 heavy (non-hydrogen) atoms. The Morgan fingerprint density at radius 3 is 2.67 bits per heavy atom. The Bertz CT molecular complexity index is 164. The molecule has 3 heteroatoms. The average molecular weight is 171 g/mol. The van der Waals surface area contributed by atoms with Crippen LogP contribution in [0.4, 0.5) is 0 Å². The molecule has 0 aliphatic rings. The largest absolute Gasteiger partial charge is 0.478 e. The highest BCUT2D eigenvalue weighted by Crippen LogP contribution is 1.93. The third-order valence-corrected chi connectivity index (χ3v) is 1.54. The van der Waals surface area contributed by atoms with Crippen molar-refractivity contribution in [1.29, 1.82) is 0 Å². The van der Waals surface area contributed by atoms with E-state index >= 15 is 0 Å². The summed E-state index contributed by atoms with van der Waals surface area (Å²) in [7, 11) is 0. The number of rotatable bonds is 6. The van der Waals surface area contributed by atoms with E-state index in [1.165, 1.54) is 0 Å². The van der Waals surface area contributed by atoms with E-state index in [-0.39, 0.29) is 0 Å². The van der Waals surface area contributed by atoms with Crippen LogP contribution < -0.4 is 5.32 Å². The summed E-state index contributed by atoms with van der Waals surface area (Å²) < 4.78 is 0. The quantitative estimate of drug-likeness (QED) is 0.469. The summed E-state index contributed by atoms with van der Waals surface area (Å²) in [6.07, 6.45) is 3.64. The topological polar surface area (TPSA) is 49.3 Å². The lowest BCUT2D eigenvalue weighted by Gasteiger charge is -1.98. The van der Waals surface area contributed by atoms with Gasteiger partial charge in [-0.25, -0.2) is 4.79 Å². The first-order chi connectivity index (χ1) is 5.68. The van der Waals surface area contributed by atoms with Crippen molar-refractivity contribution in [3.8, 4) is 0 Å². The second-order valence-electron chi connectivity index (χ2n) is 2.73. The molecule has 70 valence electrons. The minimum atomic E-state index is -0.828. The SMILES string of the molecule is CCCNCCC=C(C)C(=O)O. The van der Waals surface area contributed by atoms with Gasteiger partial charge in [-0.1, -0.05) is 13.0 Å². The summed E-state index contributed by atoms with van der Waals surface area (Å²) >= 11 is 0. The molecular weight excluding hydrogens is 154 g/mol. The summed E-state index contributed by atoms with van der Waals surface area (Å²) in [5.74, 6) is -0.828. The van der Waals surface area contributed by atoms with Crippen LogP contribution in [0.15, 0.2) is 11.6 Å². The summed E-state index contributed by atoms with van der Waals surface area (Å²) in [6.45, 7) is 5.58. The van der Waals surface area contributed by atoms with Crippen molar-refractivity contribution in [1.82, 2.24) is 5.32 Å². The van der Waals surface area contributed by atoms with Crippen molar-refractivity contribution >= 4 is 5.97 Å². The van der Waals surface area contributed by atoms with E-state index in [4.69, 9.17) is 5.11 Å². The van der Waals surface area contributed by atoms with Gasteiger partial charge in [0.2, 0.25) is 0 Å². The molecule has 0 aromatic heterocycles. The van der Waals surface area contributed by atoms with Gasteiger partial charge in [0, 0.05) is 5.57 Å². The lowest BCUT2D eigenvalue weighted by molar-refractivity contribution is -0.132. The zero-order valence-electron chi connectivity index (χ0n) is 7.76. The zero-order valence-corrected chi connectivity index (χ0v) is 7.76. The monoisotopic (exact) mass is 171 g/mol. The van der Waals surface area contributed by atoms with Crippen LogP contribution >= 0.6 is 0 Å². The van der Waals surface area contributed by atoms with Gasteiger partial charge in [0.05, 0.1) is 0 Å². The molecule has 0 fully saturated rings. The van der Waals surface area contributed by atoms with E-state index in [0.29, 0.717) is 5.57 Å². The third-order valence-electron chi connectivity index (χ3n) is 1.54. The molecule has 0 aromatic carbocycles. The summed E-state index contributed by atoms with van der Waals surface area (Å²) in [5, 5.41) is 11.7. The highest BCUT2D eigenvalue weighted by atomic mass is 16.4. The van der Waals surface area contributed by atoms with Gasteiger partial charge in [-0.2, -0.15) is 0 Å². The number of carboxylic acids is 1. The average Bonchev–Trinajstić information content (AvgIpc) is 2.03. The van der Waals surface area contributed by atoms with Crippen molar-refractivity contribution in [2.45, 2.75) is 26.7 Å². The summed E-state index contributed by atoms with van der Waals surface area (Å²) in [4.78, 5) is 10.3. The first-order valence-corrected chi connectivity index (χ1v) is 4.29. The zero-order chi connectivity index (χ0) is 9.40. The molecule has 0 heterocycles. The lowest BCUT2D eigenvalue weighted by atomic mass is 10.2. The van der Waals surface area contributed by atoms with E-state index in [1.54, 1.807) is 13.0 Å². The van der Waals surface area contributed by atoms with Crippen molar-refractivity contribution in [3.63, 3.8) is 0 Å². The van der Waals surface area contributed by atoms with Gasteiger partial charge in [-0.05, 0) is 32.9 Å². The minimum Gasteiger partial charge on any atom is -0.478 e. The second kappa shape index (κ2) is 6.85. The van der Waals surface area contributed by atoms with Crippen LogP contribution in [-0.4, -0.2) is 24.2 Å². The Morgan fingerprint density at radius 1 is 1.50 bits per heavy atom. The number of carboxylic acid groups (broad SMARTS) is 1. The number of aliphatic carboxylic acids is 1. The number of nitrogens with one attached hydrogen (secondary N) is 1. The van der Waals surface area contributed by atoms with E-state index in [9.17, 15) is 4.79 Å². The smallest absolute Gasteiger partial charge is 0.330 e. The van der Waals surface area contributed by atoms with Crippen molar-refractivity contribution < 1.29 is 9.90 Å². The first-order valence-electron chi connectivity index (χ1n) is 4.29. The summed E-state index contributed by atoms with van der Waals surface area (Å²) in [6, 6.07) is 0. The van der Waals surface area contributed by atoms with E-state index in [2.05, 4.69) is 12.2 Å². The molecule has 0 radical (unpaired) electrons. The van der Waals surface area contributed by atoms with E-state index in [0.717, 1.165) is 25.9 Å². The fourth-order valence-electron chi connectivity index (χ4n) is 0.780. The van der Waals surface area contributed by atoms with Crippen LogP contribution in [0, 0.1) is 0 Å². The van der Waals surface area contributed by atoms with Gasteiger partial charge in [-0.15, -0.1) is 0 Å². The predicted molar refractivity (Wildman–Crippen MR) is 49.2 cm³/mol. The van der Waals surface area contributed by atoms with Crippen molar-refractivity contribution in [2.24, 2.45) is 0 Å². The Morgan fingerprint density at radius 2 is 2.17 bits per heavy atom. The van der Waals surface area contributed by atoms with E-state index < -0.39 is 5.97 Å². The molecule has 0 saturated heterocycles. The van der Waals surface area contributed by atoms with Gasteiger partial charge in [0.1, 0.15) is 0 Å². The highest BCUT2D eigenvalue weighted by Gasteiger charge is 1.96. The van der Waals surface area contributed by atoms with Crippen LogP contribution in [0.2, 0.25) is 0 Å². The Hall–Kier alpha value is -0.830. The van der Waals surface area contributed by atoms with Crippen LogP contribution in [0.1, 0.15) is 26.7 Å². The molecule has 0 aliphatic heterocycles. The fourth-order valence-corrected chi connectivity index (χ4v) is 0.780. The van der Waals surface area contributed by atoms with Gasteiger partial charge < -0.3 is 10.4 Å². The van der Waals surface area contributed by atoms with Gasteiger partial charge in [0.25, 0.3) is 0 Å². The van der Waals surface area contributed by atoms with Crippen molar-refractivity contribution in [2.75, 3.05) is 13.1 Å². The second-order valence-corrected chi connectivity index (χ2v) is 2.73. The lowest BCUT2D eigenvalue weighted by Crippen LogP contribution is -2.15. The third kappa shape index (κ3) is 5.92. The standard InChI is InChI=1S/C9H17NO2/c1-3-6-10-7-4-5-8(2)9(11)12/h5,10H,3-4,6-7H2,1-2H3,(H,11,12). The van der Waals surface area contributed by atoms with Gasteiger partial charge >= 0.3 is 5.97 Å². The van der Waals surface area contributed by atoms with Crippen LogP contribution in [-0.2, 0) is 4.79 Å². The molecular formula is C9H17NO2. The maximum absolute atomic E-state index is 10.3. The molecule has 0 spiro atoms. The Labute approximate surface area is 73.5 Å². The number of carbonyl (C=O) groups is 1. The normalized spacial score (nSPS) is 11.7. The maximum Gasteiger partial charge on any atom is 0.330 e. The molecule has 0 aromatic rings. The molecule has 0 atom stereocenters. The molecule has 2 N–H and O–H groups in total. The first kappa shape index (κ1) is 11.2. The molecule has 0 saturated carbocycles. The van der Waals surface area contributed by atoms with Crippen molar-refractivity contribution in [3.05, 3.63) is 11.6 Å². The molecule has 0 amide bonds. The molecule has 0 rings (SSSR count). The molecule has 0 bridgehead atoms. The summed E-state index contributed by atoms with van der Waals surface area (Å²) in [5.41, 5.74) is 0.424. The predicted octanol–water partition coefficient (Wildman–Crippen LogP) is 1.41.